The molecule has 80 heavy (non-hydrogen) atoms. The number of imidazole rings is 1. The number of halogens is 1. The molecule has 4 heterocycles. The molecule has 5 aromatic rings. The number of imide groups is 1. The molecule has 1 aromatic heterocycles. The number of anilines is 1. The Balaban J connectivity index is 0.683. The second-order valence-corrected chi connectivity index (χ2v) is 22.0. The van der Waals surface area contributed by atoms with Gasteiger partial charge in [0.1, 0.15) is 23.9 Å². The van der Waals surface area contributed by atoms with Crippen LogP contribution in [0.15, 0.2) is 83.7 Å². The number of ketones is 3. The van der Waals surface area contributed by atoms with Crippen molar-refractivity contribution in [3.63, 3.8) is 0 Å². The van der Waals surface area contributed by atoms with Crippen LogP contribution in [0.2, 0.25) is 5.02 Å². The molecule has 1 aliphatic carbocycles. The summed E-state index contributed by atoms with van der Waals surface area (Å²) in [4.78, 5) is 103. The van der Waals surface area contributed by atoms with Crippen molar-refractivity contribution in [2.45, 2.75) is 66.0 Å². The number of allylic oxidation sites excluding steroid dienone is 1. The molecule has 2 amide bonds. The first-order valence-corrected chi connectivity index (χ1v) is 27.8. The standard InChI is InChI=1S/C60H69ClN6O13/c1-5-78-51-34-49(69)44(32-39(51)35-64-21-9-10-41(36-64)67-47-13-7-6-12-46(47)62-59(67)75)48(68)19-16-38-15-17-40(33-45(38)61)65-24-22-63(23-25-65)26-27-76-28-29-77-30-31-79-50-14-8-11-42-53(50)56(72)54(55(42)71)43-18-20-52(70)66(57(43)73)37-80-58(74)60(2,3)4/h6-8,11-17,19,32-34,41,43,54,69H,5,9-10,18,20-31,35-37H2,1-4H3,(H,62,75)/b19-16+. The van der Waals surface area contributed by atoms with Crippen molar-refractivity contribution < 1.29 is 57.6 Å². The smallest absolute Gasteiger partial charge is 0.326 e. The molecule has 19 nitrogen and oxygen atoms in total. The largest absolute Gasteiger partial charge is 0.507 e. The van der Waals surface area contributed by atoms with Crippen molar-refractivity contribution in [1.82, 2.24) is 24.3 Å². The molecule has 2 N–H and O–H groups in total. The van der Waals surface area contributed by atoms with E-state index in [0.29, 0.717) is 55.9 Å². The number of Topliss-reactive ketones (excluding diaryl/α,β-unsaturated/α-hetero) is 2. The van der Waals surface area contributed by atoms with Gasteiger partial charge in [-0.3, -0.25) is 43.1 Å². The minimum Gasteiger partial charge on any atom is -0.507 e. The number of phenolic OH excluding ortho intramolecular Hbond substituents is 1. The summed E-state index contributed by atoms with van der Waals surface area (Å²) < 4.78 is 30.5. The van der Waals surface area contributed by atoms with Gasteiger partial charge in [0, 0.05) is 80.1 Å². The van der Waals surface area contributed by atoms with Crippen LogP contribution in [0.25, 0.3) is 17.1 Å². The van der Waals surface area contributed by atoms with Gasteiger partial charge in [-0.05, 0) is 108 Å². The highest BCUT2D eigenvalue weighted by atomic mass is 35.5. The van der Waals surface area contributed by atoms with Gasteiger partial charge >= 0.3 is 11.7 Å². The number of aromatic amines is 1. The lowest BCUT2D eigenvalue weighted by Crippen LogP contribution is -2.50. The van der Waals surface area contributed by atoms with E-state index in [-0.39, 0.29) is 71.8 Å². The molecule has 424 valence electrons. The maximum Gasteiger partial charge on any atom is 0.326 e. The number of phenols is 1. The molecule has 3 aliphatic heterocycles. The van der Waals surface area contributed by atoms with Crippen LogP contribution in [0.5, 0.6) is 17.2 Å². The van der Waals surface area contributed by atoms with Gasteiger partial charge in [-0.25, -0.2) is 9.69 Å². The Morgan fingerprint density at radius 2 is 1.57 bits per heavy atom. The van der Waals surface area contributed by atoms with E-state index < -0.39 is 53.3 Å². The van der Waals surface area contributed by atoms with Gasteiger partial charge in [-0.2, -0.15) is 0 Å². The van der Waals surface area contributed by atoms with Gasteiger partial charge in [-0.15, -0.1) is 0 Å². The number of nitrogens with one attached hydrogen (secondary N) is 1. The molecule has 4 aliphatic rings. The number of amides is 2. The first-order chi connectivity index (χ1) is 38.5. The number of carbonyl (C=O) groups excluding carboxylic acids is 6. The highest BCUT2D eigenvalue weighted by molar-refractivity contribution is 6.32. The highest BCUT2D eigenvalue weighted by Crippen LogP contribution is 2.41. The molecule has 9 rings (SSSR count). The number of rotatable bonds is 22. The number of aromatic nitrogens is 2. The molecule has 20 heteroatoms. The van der Waals surface area contributed by atoms with E-state index in [1.807, 2.05) is 54.0 Å². The third-order valence-corrected chi connectivity index (χ3v) is 15.5. The molecule has 3 saturated heterocycles. The molecular formula is C60H69ClN6O13. The zero-order valence-electron chi connectivity index (χ0n) is 45.7. The van der Waals surface area contributed by atoms with Crippen molar-refractivity contribution in [3.8, 4) is 17.2 Å². The van der Waals surface area contributed by atoms with Crippen molar-refractivity contribution in [2.24, 2.45) is 17.3 Å². The number of nitrogens with zero attached hydrogens (tertiary/aromatic N) is 5. The Bertz CT molecular complexity index is 3230. The van der Waals surface area contributed by atoms with Crippen LogP contribution in [0.4, 0.5) is 5.69 Å². The first-order valence-electron chi connectivity index (χ1n) is 27.4. The topological polar surface area (TPSA) is 220 Å². The normalized spacial score (nSPS) is 19.3. The van der Waals surface area contributed by atoms with E-state index >= 15 is 0 Å². The summed E-state index contributed by atoms with van der Waals surface area (Å²) in [6.45, 7) is 14.0. The quantitative estimate of drug-likeness (QED) is 0.0173. The van der Waals surface area contributed by atoms with E-state index in [0.717, 1.165) is 79.3 Å². The molecule has 3 fully saturated rings. The first kappa shape index (κ1) is 57.5. The van der Waals surface area contributed by atoms with Crippen LogP contribution in [0.1, 0.15) is 102 Å². The maximum atomic E-state index is 13.8. The lowest BCUT2D eigenvalue weighted by Gasteiger charge is -2.36. The van der Waals surface area contributed by atoms with E-state index in [9.17, 15) is 38.7 Å². The van der Waals surface area contributed by atoms with Crippen LogP contribution in [-0.2, 0) is 35.1 Å². The number of piperazine rings is 1. The molecule has 0 bridgehead atoms. The summed E-state index contributed by atoms with van der Waals surface area (Å²) in [5.74, 6) is -5.14. The number of H-pyrrole nitrogens is 1. The average Bonchev–Trinajstić information content (AvgIpc) is 4.11. The summed E-state index contributed by atoms with van der Waals surface area (Å²) >= 11 is 6.80. The second kappa shape index (κ2) is 25.5. The fraction of sp³-hybridized carbons (Fsp3) is 0.450. The van der Waals surface area contributed by atoms with Crippen molar-refractivity contribution >= 4 is 69.5 Å². The Labute approximate surface area is 469 Å². The van der Waals surface area contributed by atoms with Gasteiger partial charge in [0.25, 0.3) is 0 Å². The van der Waals surface area contributed by atoms with Crippen LogP contribution >= 0.6 is 11.6 Å². The summed E-state index contributed by atoms with van der Waals surface area (Å²) in [6.07, 6.45) is 4.79. The Kier molecular flexibility index (Phi) is 18.4. The molecule has 0 spiro atoms. The molecule has 3 unspecified atom stereocenters. The number of hydrogen-bond donors (Lipinski definition) is 2. The second-order valence-electron chi connectivity index (χ2n) is 21.6. The van der Waals surface area contributed by atoms with Crippen molar-refractivity contribution in [2.75, 3.05) is 97.1 Å². The number of para-hydroxylation sites is 2. The van der Waals surface area contributed by atoms with Gasteiger partial charge in [0.15, 0.2) is 24.1 Å². The molecule has 3 atom stereocenters. The molecular weight excluding hydrogens is 1050 g/mol. The Hall–Kier alpha value is -7.16. The van der Waals surface area contributed by atoms with Gasteiger partial charge in [-0.1, -0.05) is 41.9 Å². The van der Waals surface area contributed by atoms with E-state index in [1.165, 1.54) is 18.2 Å². The van der Waals surface area contributed by atoms with E-state index in [4.69, 9.17) is 35.3 Å². The lowest BCUT2D eigenvalue weighted by atomic mass is 9.81. The van der Waals surface area contributed by atoms with Gasteiger partial charge < -0.3 is 38.7 Å². The minimum atomic E-state index is -1.31. The SMILES string of the molecule is CCOc1cc(O)c(C(=O)/C=C/c2ccc(N3CCN(CCOCCOCCOc4cccc5c4C(=O)C(C4CCC(=O)N(COC(=O)C(C)(C)C)C4=O)C5=O)CC3)cc2Cl)cc1CN1CCCC(n2c(=O)[nH]c3ccccc32)C1. The fourth-order valence-electron chi connectivity index (χ4n) is 10.9. The van der Waals surface area contributed by atoms with Crippen LogP contribution in [0.3, 0.4) is 0 Å². The summed E-state index contributed by atoms with van der Waals surface area (Å²) in [6, 6.07) is 21.4. The zero-order valence-corrected chi connectivity index (χ0v) is 46.5. The molecule has 0 radical (unpaired) electrons. The monoisotopic (exact) mass is 1120 g/mol. The number of ether oxygens (including phenoxy) is 5. The van der Waals surface area contributed by atoms with Gasteiger partial charge in [0.2, 0.25) is 11.8 Å². The van der Waals surface area contributed by atoms with E-state index in [2.05, 4.69) is 19.7 Å². The number of aromatic hydroxyl groups is 1. The number of likely N-dealkylation sites (tertiary alicyclic amines) is 2. The fourth-order valence-corrected chi connectivity index (χ4v) is 11.1. The number of esters is 1. The highest BCUT2D eigenvalue weighted by Gasteiger charge is 2.51. The summed E-state index contributed by atoms with van der Waals surface area (Å²) in [7, 11) is 0. The summed E-state index contributed by atoms with van der Waals surface area (Å²) in [5.41, 5.74) is 3.52. The van der Waals surface area contributed by atoms with E-state index in [1.54, 1.807) is 45.0 Å². The Morgan fingerprint density at radius 1 is 0.812 bits per heavy atom. The number of piperidine rings is 2. The summed E-state index contributed by atoms with van der Waals surface area (Å²) in [5, 5.41) is 11.5. The third-order valence-electron chi connectivity index (χ3n) is 15.1. The van der Waals surface area contributed by atoms with Crippen molar-refractivity contribution in [3.05, 3.63) is 122 Å². The maximum absolute atomic E-state index is 13.8. The minimum absolute atomic E-state index is 0.0194. The Morgan fingerprint density at radius 3 is 2.34 bits per heavy atom. The molecule has 0 saturated carbocycles. The predicted molar refractivity (Wildman–Crippen MR) is 300 cm³/mol. The number of hydrogen-bond acceptors (Lipinski definition) is 16. The third kappa shape index (κ3) is 13.0. The molecule has 4 aromatic carbocycles. The zero-order chi connectivity index (χ0) is 56.7. The van der Waals surface area contributed by atoms with Gasteiger partial charge in [0.05, 0.1) is 78.5 Å². The average molecular weight is 1120 g/mol. The van der Waals surface area contributed by atoms with Crippen LogP contribution < -0.4 is 20.1 Å². The number of fused-ring (bicyclic) bond motifs is 2. The van der Waals surface area contributed by atoms with Crippen molar-refractivity contribution in [1.29, 1.82) is 0 Å². The lowest BCUT2D eigenvalue weighted by molar-refractivity contribution is -0.168. The predicted octanol–water partition coefficient (Wildman–Crippen LogP) is 7.36. The number of carbonyl (C=O) groups is 6. The van der Waals surface area contributed by atoms with Crippen LogP contribution in [-0.4, -0.2) is 157 Å². The number of benzene rings is 4. The van der Waals surface area contributed by atoms with Crippen LogP contribution in [0, 0.1) is 17.3 Å².